The number of nitrogens with one attached hydrogen (secondary N) is 3. The van der Waals surface area contributed by atoms with Crippen LogP contribution in [0.5, 0.6) is 0 Å². The number of unbranched alkanes of at least 4 members (excludes halogenated alkanes) is 4. The van der Waals surface area contributed by atoms with Gasteiger partial charge in [-0.3, -0.25) is 59.8 Å². The molecule has 684 valence electrons. The lowest BCUT2D eigenvalue weighted by Gasteiger charge is -2.26. The number of anilines is 4. The lowest BCUT2D eigenvalue weighted by molar-refractivity contribution is -0.173. The minimum atomic E-state index is -5.30. The molecule has 10 rings (SSSR count). The molecule has 0 aromatic carbocycles. The molecule has 4 aliphatic rings. The molecule has 0 radical (unpaired) electrons. The highest BCUT2D eigenvalue weighted by molar-refractivity contribution is 7.47. The number of hydrogen-bond acceptors (Lipinski definition) is 39. The molecular formula is C61H86F6N20O32P4. The Morgan fingerprint density at radius 2 is 0.943 bits per heavy atom. The van der Waals surface area contributed by atoms with E-state index in [-0.39, 0.29) is 104 Å². The molecule has 10 heterocycles. The van der Waals surface area contributed by atoms with Crippen LogP contribution in [0, 0.1) is 0 Å². The molecule has 21 N–H and O–H groups in total. The topological polar surface area (TPSA) is 759 Å². The Labute approximate surface area is 687 Å². The summed E-state index contributed by atoms with van der Waals surface area (Å²) in [5.41, 5.74) is 26.3. The van der Waals surface area contributed by atoms with Gasteiger partial charge in [0, 0.05) is 38.3 Å². The largest absolute Gasteiger partial charge is 0.472 e. The van der Waals surface area contributed by atoms with Gasteiger partial charge in [0.1, 0.15) is 114 Å². The Morgan fingerprint density at radius 1 is 0.545 bits per heavy atom. The lowest BCUT2D eigenvalue weighted by atomic mass is 10.1. The van der Waals surface area contributed by atoms with Crippen LogP contribution in [0.2, 0.25) is 0 Å². The summed E-state index contributed by atoms with van der Waals surface area (Å²) < 4.78 is 199. The van der Waals surface area contributed by atoms with Crippen molar-refractivity contribution in [1.82, 2.24) is 74.1 Å². The van der Waals surface area contributed by atoms with E-state index in [0.717, 1.165) is 21.8 Å². The van der Waals surface area contributed by atoms with Crippen LogP contribution in [0.1, 0.15) is 110 Å². The third kappa shape index (κ3) is 27.7. The number of alkyl carbamates (subject to hydrolysis) is 1. The summed E-state index contributed by atoms with van der Waals surface area (Å²) in [6.45, 7) is 0.357. The van der Waals surface area contributed by atoms with Gasteiger partial charge in [0.2, 0.25) is 0 Å². The average Bonchev–Trinajstić information content (AvgIpc) is 1.60. The predicted molar refractivity (Wildman–Crippen MR) is 395 cm³/mol. The number of carbonyl (C=O) groups is 5. The van der Waals surface area contributed by atoms with Crippen molar-refractivity contribution in [2.75, 3.05) is 62.5 Å². The van der Waals surface area contributed by atoms with Crippen molar-refractivity contribution >= 4 is 107 Å². The van der Waals surface area contributed by atoms with E-state index in [1.165, 1.54) is 46.3 Å². The molecule has 0 saturated carbocycles. The van der Waals surface area contributed by atoms with Gasteiger partial charge in [0.15, 0.2) is 47.6 Å². The fourth-order valence-electron chi connectivity index (χ4n) is 12.4. The zero-order chi connectivity index (χ0) is 90.6. The number of carbonyl (C=O) groups excluding carboxylic acids is 5. The van der Waals surface area contributed by atoms with Gasteiger partial charge in [-0.05, 0) is 65.0 Å². The molecule has 4 fully saturated rings. The number of phosphoric acid groups is 4. The van der Waals surface area contributed by atoms with Crippen molar-refractivity contribution < 1.29 is 168 Å². The number of alkyl halides is 6. The van der Waals surface area contributed by atoms with E-state index in [9.17, 15) is 118 Å². The number of nitrogens with zero attached hydrogens (tertiary/aromatic N) is 12. The lowest BCUT2D eigenvalue weighted by Crippen LogP contribution is -2.47. The van der Waals surface area contributed by atoms with Crippen molar-refractivity contribution in [2.24, 2.45) is 5.73 Å². The van der Waals surface area contributed by atoms with E-state index in [1.807, 2.05) is 0 Å². The maximum absolute atomic E-state index is 13.9. The average molecular weight is 1850 g/mol. The van der Waals surface area contributed by atoms with E-state index in [0.29, 0.717) is 12.8 Å². The molecule has 0 aliphatic carbocycles. The number of aliphatic hydroxyl groups excluding tert-OH is 2. The summed E-state index contributed by atoms with van der Waals surface area (Å²) >= 11 is 0. The molecule has 6 aromatic rings. The van der Waals surface area contributed by atoms with Crippen LogP contribution in [0.15, 0.2) is 59.4 Å². The SMILES string of the molecule is CC(C)(C)OC(=O)N[C@@H](CCCCCCNC(=O)C(F)(F)F)C(=O)O[C@H]1[C@@H](O)[C@H](n2cnc3c(N)ncnc32)O[C@@H]1COP(=O)(O)O[C@H]1C[C@H](n2ccc(N)nc2=O)O[C@@H]1COP(=O)(O)O.Nc1ccn([C@H]2C[C@H](OP(=O)(O)OC[C@H]3O[C@@H](n4cnc5c(N)ncnc54)[C@H](O)[C@@H]3OC(=O)[C@@H](N)CCCCNC(=O)C(F)(F)F)[C@@H](COP(=O)(O)O)O2)c(=O)n1. The fraction of sp³-hybridized carbons (Fsp3) is 0.623. The molecule has 123 heavy (non-hydrogen) atoms. The number of aliphatic hydroxyl groups is 2. The van der Waals surface area contributed by atoms with Crippen LogP contribution in [-0.2, 0) is 97.7 Å². The number of amides is 3. The predicted octanol–water partition coefficient (Wildman–Crippen LogP) is -0.668. The van der Waals surface area contributed by atoms with Crippen LogP contribution < -0.4 is 56.0 Å². The number of nitrogen functional groups attached to an aromatic ring is 4. The van der Waals surface area contributed by atoms with Crippen LogP contribution in [0.4, 0.5) is 54.4 Å². The number of halogens is 6. The van der Waals surface area contributed by atoms with Crippen LogP contribution in [0.3, 0.4) is 0 Å². The number of esters is 2. The maximum Gasteiger partial charge on any atom is 0.472 e. The quantitative estimate of drug-likeness (QED) is 0.00756. The van der Waals surface area contributed by atoms with Gasteiger partial charge >= 0.3 is 84.9 Å². The van der Waals surface area contributed by atoms with Crippen LogP contribution in [-0.4, -0.2) is 258 Å². The fourth-order valence-corrected chi connectivity index (χ4v) is 15.0. The molecule has 4 saturated heterocycles. The summed E-state index contributed by atoms with van der Waals surface area (Å²) in [5.74, 6) is -6.84. The van der Waals surface area contributed by atoms with Gasteiger partial charge in [0.05, 0.1) is 39.1 Å². The van der Waals surface area contributed by atoms with E-state index < -0.39 is 221 Å². The number of fused-ring (bicyclic) bond motifs is 2. The summed E-state index contributed by atoms with van der Waals surface area (Å²) in [6, 6.07) is -0.373. The van der Waals surface area contributed by atoms with Gasteiger partial charge in [-0.2, -0.15) is 36.3 Å². The number of imidazole rings is 2. The zero-order valence-electron chi connectivity index (χ0n) is 64.4. The number of hydrogen-bond donors (Lipinski definition) is 16. The molecule has 52 nitrogen and oxygen atoms in total. The Hall–Kier alpha value is -9.05. The summed E-state index contributed by atoms with van der Waals surface area (Å²) in [5, 5.41) is 28.9. The molecule has 0 bridgehead atoms. The molecule has 3 amide bonds. The summed E-state index contributed by atoms with van der Waals surface area (Å²) in [6.07, 6.45) is -25.9. The minimum Gasteiger partial charge on any atom is -0.455 e. The molecule has 62 heteroatoms. The molecule has 18 atom stereocenters. The summed E-state index contributed by atoms with van der Waals surface area (Å²) in [4.78, 5) is 177. The first-order valence-electron chi connectivity index (χ1n) is 36.5. The molecule has 2 unspecified atom stereocenters. The van der Waals surface area contributed by atoms with Crippen molar-refractivity contribution in [3.05, 3.63) is 70.8 Å². The van der Waals surface area contributed by atoms with Crippen molar-refractivity contribution in [1.29, 1.82) is 0 Å². The van der Waals surface area contributed by atoms with Gasteiger partial charge < -0.3 is 117 Å². The molecule has 4 aliphatic heterocycles. The van der Waals surface area contributed by atoms with Crippen molar-refractivity contribution in [3.63, 3.8) is 0 Å². The van der Waals surface area contributed by atoms with Gasteiger partial charge in [0.25, 0.3) is 0 Å². The highest BCUT2D eigenvalue weighted by Crippen LogP contribution is 2.52. The van der Waals surface area contributed by atoms with Gasteiger partial charge in [-0.25, -0.2) is 67.3 Å². The van der Waals surface area contributed by atoms with E-state index in [2.05, 4.69) is 54.2 Å². The first-order valence-corrected chi connectivity index (χ1v) is 42.5. The Kier molecular flexibility index (Phi) is 32.5. The first kappa shape index (κ1) is 97.8. The zero-order valence-corrected chi connectivity index (χ0v) is 67.9. The number of nitrogens with two attached hydrogens (primary N) is 5. The molecule has 0 spiro atoms. The Balaban J connectivity index is 0.000000282. The standard InChI is InChI=1S/C34H49F3N10O17P2.C27H37F3N10O15P2/c1-33(2,3)63-32(52)44-17(8-6-4-5-7-10-40-30(50)34(35,36)37)29(49)62-25-20(61-28(24(25)48)47-16-43-23-26(39)41-15-42-27(23)47)14-59-66(56,57)64-18-12-22(46-11-9-21(38)45-31(46)51)60-19(18)13-58-65(53,54)55;28-27(29,30)25(43)34-5-2-1-3-12(31)24(42)54-20-15(53-23(19(20)41)40-11-37-18-21(33)35-10-36-22(18)40)9-51-57(48,49)55-13-7-17(39-6-4-16(32)38-26(39)44)52-14(13)8-50-56(45,46)47/h9,11,15-20,22,24-25,28,48H,4-8,10,12-14H2,1-3H3,(H,40,50)(H,44,52)(H,56,57)(H2,38,45,51)(H2,39,41,42)(H2,53,54,55);4,6,10-15,17,19-20,23,41H,1-3,5,7-9,31H2,(H,34,43)(H,48,49)(H2,32,38,44)(H2,33,35,36)(H2,45,46,47)/t17-,18-,19+,20+,22+,24+,25+,28+;12-,13-,14+,15+,17+,19+,20+,23+/m00/s1. The number of ether oxygens (including phenoxy) is 7. The monoisotopic (exact) mass is 1850 g/mol. The van der Waals surface area contributed by atoms with Crippen LogP contribution in [0.25, 0.3) is 22.3 Å². The second-order valence-corrected chi connectivity index (χ2v) is 33.6. The summed E-state index contributed by atoms with van der Waals surface area (Å²) in [7, 11) is -20.7. The number of aromatic nitrogens is 12. The van der Waals surface area contributed by atoms with Gasteiger partial charge in [-0.1, -0.05) is 19.3 Å². The van der Waals surface area contributed by atoms with Crippen molar-refractivity contribution in [3.8, 4) is 0 Å². The third-order valence-electron chi connectivity index (χ3n) is 18.0. The highest BCUT2D eigenvalue weighted by Gasteiger charge is 2.53. The van der Waals surface area contributed by atoms with Crippen molar-refractivity contribution in [2.45, 2.75) is 201 Å². The minimum absolute atomic E-state index is 0.00760. The second kappa shape index (κ2) is 40.9. The van der Waals surface area contributed by atoms with Gasteiger partial charge in [-0.15, -0.1) is 0 Å². The highest BCUT2D eigenvalue weighted by atomic mass is 31.2. The van der Waals surface area contributed by atoms with E-state index in [1.54, 1.807) is 31.4 Å². The smallest absolute Gasteiger partial charge is 0.455 e. The third-order valence-corrected chi connectivity index (χ3v) is 21.0. The molecule has 6 aromatic heterocycles. The number of phosphoric ester groups is 4. The Morgan fingerprint density at radius 3 is 1.35 bits per heavy atom. The first-order chi connectivity index (χ1) is 57.3. The Bertz CT molecular complexity index is 5030. The second-order valence-electron chi connectivity index (χ2n) is 28.3. The number of rotatable bonds is 37. The molecular weight excluding hydrogens is 1760 g/mol. The normalized spacial score (nSPS) is 24.7. The van der Waals surface area contributed by atoms with E-state index >= 15 is 0 Å². The van der Waals surface area contributed by atoms with E-state index in [4.69, 9.17) is 79.9 Å². The van der Waals surface area contributed by atoms with Crippen LogP contribution >= 0.6 is 31.3 Å². The maximum atomic E-state index is 13.9.